The number of hydrogen-bond acceptors (Lipinski definition) is 3. The predicted octanol–water partition coefficient (Wildman–Crippen LogP) is 1.36. The summed E-state index contributed by atoms with van der Waals surface area (Å²) in [5.74, 6) is 5.63. The molecule has 15 heavy (non-hydrogen) atoms. The van der Waals surface area contributed by atoms with E-state index in [1.165, 1.54) is 12.1 Å². The zero-order valence-corrected chi connectivity index (χ0v) is 8.02. The Morgan fingerprint density at radius 3 is 2.73 bits per heavy atom. The first-order valence-corrected chi connectivity index (χ1v) is 4.52. The van der Waals surface area contributed by atoms with Crippen molar-refractivity contribution < 1.29 is 4.39 Å². The lowest BCUT2D eigenvalue weighted by Crippen LogP contribution is -2.13. The van der Waals surface area contributed by atoms with Crippen LogP contribution in [-0.4, -0.2) is 9.55 Å². The number of aromatic nitrogens is 2. The van der Waals surface area contributed by atoms with Gasteiger partial charge in [-0.05, 0) is 17.7 Å². The zero-order valence-electron chi connectivity index (χ0n) is 8.02. The molecule has 78 valence electrons. The Morgan fingerprint density at radius 2 is 2.07 bits per heavy atom. The number of hydrogen-bond donors (Lipinski definition) is 2. The Balaban J connectivity index is 2.18. The van der Waals surface area contributed by atoms with Crippen LogP contribution in [0.2, 0.25) is 0 Å². The molecule has 0 fully saturated rings. The van der Waals surface area contributed by atoms with Crippen molar-refractivity contribution in [2.75, 3.05) is 5.43 Å². The molecule has 0 atom stereocenters. The van der Waals surface area contributed by atoms with Gasteiger partial charge in [0.15, 0.2) is 0 Å². The van der Waals surface area contributed by atoms with Crippen molar-refractivity contribution in [1.29, 1.82) is 0 Å². The normalized spacial score (nSPS) is 10.3. The third-order valence-electron chi connectivity index (χ3n) is 2.11. The molecule has 0 aliphatic carbocycles. The summed E-state index contributed by atoms with van der Waals surface area (Å²) in [6, 6.07) is 6.33. The van der Waals surface area contributed by atoms with E-state index in [-0.39, 0.29) is 5.82 Å². The topological polar surface area (TPSA) is 55.9 Å². The van der Waals surface area contributed by atoms with Crippen LogP contribution in [0.5, 0.6) is 0 Å². The molecule has 1 heterocycles. The largest absolute Gasteiger partial charge is 0.312 e. The van der Waals surface area contributed by atoms with Gasteiger partial charge >= 0.3 is 0 Å². The van der Waals surface area contributed by atoms with Gasteiger partial charge in [-0.15, -0.1) is 0 Å². The molecule has 1 aromatic heterocycles. The molecule has 0 saturated heterocycles. The Bertz CT molecular complexity index is 435. The van der Waals surface area contributed by atoms with Crippen LogP contribution in [0.25, 0.3) is 0 Å². The predicted molar refractivity (Wildman–Crippen MR) is 55.5 cm³/mol. The van der Waals surface area contributed by atoms with Crippen molar-refractivity contribution in [3.8, 4) is 0 Å². The number of rotatable bonds is 3. The van der Waals surface area contributed by atoms with Gasteiger partial charge in [0.2, 0.25) is 5.95 Å². The first-order chi connectivity index (χ1) is 7.29. The lowest BCUT2D eigenvalue weighted by Gasteiger charge is -2.06. The van der Waals surface area contributed by atoms with Crippen LogP contribution in [0.4, 0.5) is 10.3 Å². The van der Waals surface area contributed by atoms with Crippen molar-refractivity contribution in [2.45, 2.75) is 6.54 Å². The number of nitrogens with two attached hydrogens (primary N) is 1. The van der Waals surface area contributed by atoms with Gasteiger partial charge in [-0.2, -0.15) is 0 Å². The van der Waals surface area contributed by atoms with Gasteiger partial charge in [0, 0.05) is 12.4 Å². The maximum atomic E-state index is 12.7. The molecule has 0 spiro atoms. The molecule has 0 bridgehead atoms. The van der Waals surface area contributed by atoms with Crippen molar-refractivity contribution in [2.24, 2.45) is 5.84 Å². The van der Waals surface area contributed by atoms with Crippen LogP contribution in [0.15, 0.2) is 36.7 Å². The van der Waals surface area contributed by atoms with E-state index in [0.29, 0.717) is 12.5 Å². The third kappa shape index (κ3) is 2.13. The number of nitrogens with one attached hydrogen (secondary N) is 1. The van der Waals surface area contributed by atoms with E-state index in [4.69, 9.17) is 5.84 Å². The molecule has 0 aliphatic rings. The highest BCUT2D eigenvalue weighted by molar-refractivity contribution is 5.26. The molecule has 0 radical (unpaired) electrons. The summed E-state index contributed by atoms with van der Waals surface area (Å²) in [6.07, 6.45) is 3.46. The van der Waals surface area contributed by atoms with Gasteiger partial charge < -0.3 is 4.57 Å². The summed E-state index contributed by atoms with van der Waals surface area (Å²) in [4.78, 5) is 4.00. The van der Waals surface area contributed by atoms with E-state index in [1.807, 2.05) is 4.57 Å². The lowest BCUT2D eigenvalue weighted by molar-refractivity contribution is 0.626. The first kappa shape index (κ1) is 9.67. The fourth-order valence-corrected chi connectivity index (χ4v) is 1.36. The van der Waals surface area contributed by atoms with Gasteiger partial charge in [0.05, 0.1) is 6.54 Å². The Labute approximate surface area is 86.5 Å². The number of benzene rings is 1. The average molecular weight is 206 g/mol. The monoisotopic (exact) mass is 206 g/mol. The number of hydrazine groups is 1. The molecule has 0 aliphatic heterocycles. The fourth-order valence-electron chi connectivity index (χ4n) is 1.36. The quantitative estimate of drug-likeness (QED) is 0.589. The molecule has 3 N–H and O–H groups in total. The maximum Gasteiger partial charge on any atom is 0.217 e. The molecule has 4 nitrogen and oxygen atoms in total. The molecule has 0 unspecified atom stereocenters. The van der Waals surface area contributed by atoms with Crippen molar-refractivity contribution in [3.63, 3.8) is 0 Å². The van der Waals surface area contributed by atoms with E-state index in [0.717, 1.165) is 5.56 Å². The molecule has 0 saturated carbocycles. The van der Waals surface area contributed by atoms with E-state index in [2.05, 4.69) is 10.4 Å². The summed E-state index contributed by atoms with van der Waals surface area (Å²) in [5.41, 5.74) is 3.48. The molecule has 1 aromatic carbocycles. The Hall–Kier alpha value is -1.88. The van der Waals surface area contributed by atoms with Gasteiger partial charge in [0.25, 0.3) is 0 Å². The van der Waals surface area contributed by atoms with Crippen LogP contribution in [0, 0.1) is 5.82 Å². The number of nitrogen functional groups attached to an aromatic ring is 1. The summed E-state index contributed by atoms with van der Waals surface area (Å²) in [6.45, 7) is 0.611. The van der Waals surface area contributed by atoms with Gasteiger partial charge in [-0.3, -0.25) is 5.43 Å². The average Bonchev–Trinajstić information content (AvgIpc) is 2.69. The van der Waals surface area contributed by atoms with Crippen LogP contribution >= 0.6 is 0 Å². The summed E-state index contributed by atoms with van der Waals surface area (Å²) < 4.78 is 14.5. The molecule has 0 amide bonds. The second-order valence-electron chi connectivity index (χ2n) is 3.15. The van der Waals surface area contributed by atoms with E-state index >= 15 is 0 Å². The standard InChI is InChI=1S/C10H11FN4/c11-9-3-1-8(2-4-9)7-15-6-5-13-10(15)14-12/h1-6H,7,12H2,(H,13,14). The van der Waals surface area contributed by atoms with Gasteiger partial charge in [0.1, 0.15) is 5.82 Å². The third-order valence-corrected chi connectivity index (χ3v) is 2.11. The SMILES string of the molecule is NNc1nccn1Cc1ccc(F)cc1. The highest BCUT2D eigenvalue weighted by Gasteiger charge is 2.01. The smallest absolute Gasteiger partial charge is 0.217 e. The minimum Gasteiger partial charge on any atom is -0.312 e. The Kier molecular flexibility index (Phi) is 2.64. The summed E-state index contributed by atoms with van der Waals surface area (Å²) in [7, 11) is 0. The molecular formula is C10H11FN4. The molecule has 2 rings (SSSR count). The summed E-state index contributed by atoms with van der Waals surface area (Å²) >= 11 is 0. The second kappa shape index (κ2) is 4.10. The van der Waals surface area contributed by atoms with Crippen molar-refractivity contribution in [3.05, 3.63) is 48.0 Å². The highest BCUT2D eigenvalue weighted by Crippen LogP contribution is 2.09. The molecular weight excluding hydrogens is 195 g/mol. The molecule has 2 aromatic rings. The molecule has 5 heteroatoms. The summed E-state index contributed by atoms with van der Waals surface area (Å²) in [5, 5.41) is 0. The second-order valence-corrected chi connectivity index (χ2v) is 3.15. The van der Waals surface area contributed by atoms with Crippen LogP contribution in [0.1, 0.15) is 5.56 Å². The van der Waals surface area contributed by atoms with Gasteiger partial charge in [-0.1, -0.05) is 12.1 Å². The van der Waals surface area contributed by atoms with Crippen LogP contribution < -0.4 is 11.3 Å². The minimum absolute atomic E-state index is 0.235. The fraction of sp³-hybridized carbons (Fsp3) is 0.100. The first-order valence-electron chi connectivity index (χ1n) is 4.52. The van der Waals surface area contributed by atoms with E-state index in [9.17, 15) is 4.39 Å². The lowest BCUT2D eigenvalue weighted by atomic mass is 10.2. The maximum absolute atomic E-state index is 12.7. The number of imidazole rings is 1. The zero-order chi connectivity index (χ0) is 10.7. The van der Waals surface area contributed by atoms with E-state index < -0.39 is 0 Å². The Morgan fingerprint density at radius 1 is 1.33 bits per heavy atom. The van der Waals surface area contributed by atoms with Crippen LogP contribution in [-0.2, 0) is 6.54 Å². The minimum atomic E-state index is -0.235. The number of anilines is 1. The highest BCUT2D eigenvalue weighted by atomic mass is 19.1. The number of halogens is 1. The van der Waals surface area contributed by atoms with Crippen LogP contribution in [0.3, 0.4) is 0 Å². The van der Waals surface area contributed by atoms with Gasteiger partial charge in [-0.25, -0.2) is 15.2 Å². The van der Waals surface area contributed by atoms with E-state index in [1.54, 1.807) is 24.5 Å². The van der Waals surface area contributed by atoms with Crippen molar-refractivity contribution >= 4 is 5.95 Å². The number of nitrogens with zero attached hydrogens (tertiary/aromatic N) is 2. The van der Waals surface area contributed by atoms with Crippen molar-refractivity contribution in [1.82, 2.24) is 9.55 Å².